The zero-order chi connectivity index (χ0) is 11.7. The van der Waals surface area contributed by atoms with Gasteiger partial charge in [-0.25, -0.2) is 4.98 Å². The molecule has 2 heterocycles. The highest BCUT2D eigenvalue weighted by Crippen LogP contribution is 2.12. The number of carbonyl (C=O) groups is 1. The Labute approximate surface area is 98.2 Å². The number of benzene rings is 1. The molecule has 0 bridgehead atoms. The number of H-pyrrole nitrogens is 1. The molecule has 1 fully saturated rings. The highest BCUT2D eigenvalue weighted by Gasteiger charge is 2.18. The summed E-state index contributed by atoms with van der Waals surface area (Å²) in [6, 6.07) is 5.58. The average molecular weight is 231 g/mol. The van der Waals surface area contributed by atoms with E-state index in [0.29, 0.717) is 12.2 Å². The second-order valence-electron chi connectivity index (χ2n) is 4.17. The molecule has 1 unspecified atom stereocenters. The second kappa shape index (κ2) is 4.18. The van der Waals surface area contributed by atoms with Gasteiger partial charge in [-0.05, 0) is 24.6 Å². The van der Waals surface area contributed by atoms with Crippen LogP contribution in [0.3, 0.4) is 0 Å². The number of nitrogens with zero attached hydrogens (tertiary/aromatic N) is 1. The van der Waals surface area contributed by atoms with Crippen molar-refractivity contribution >= 4 is 16.9 Å². The van der Waals surface area contributed by atoms with E-state index in [1.807, 2.05) is 12.1 Å². The fourth-order valence-electron chi connectivity index (χ4n) is 1.99. The lowest BCUT2D eigenvalue weighted by atomic mass is 10.1. The fourth-order valence-corrected chi connectivity index (χ4v) is 1.99. The van der Waals surface area contributed by atoms with Crippen LogP contribution in [0.5, 0.6) is 0 Å². The zero-order valence-electron chi connectivity index (χ0n) is 9.27. The lowest BCUT2D eigenvalue weighted by molar-refractivity contribution is 0.0930. The molecule has 0 radical (unpaired) electrons. The van der Waals surface area contributed by atoms with Gasteiger partial charge in [0, 0.05) is 12.2 Å². The molecule has 1 aromatic carbocycles. The van der Waals surface area contributed by atoms with Crippen molar-refractivity contribution in [2.75, 3.05) is 13.2 Å². The van der Waals surface area contributed by atoms with Gasteiger partial charge in [-0.1, -0.05) is 0 Å². The normalized spacial score (nSPS) is 19.6. The Bertz CT molecular complexity index is 543. The van der Waals surface area contributed by atoms with Gasteiger partial charge in [0.05, 0.1) is 30.0 Å². The third-order valence-corrected chi connectivity index (χ3v) is 2.95. The molecule has 2 aromatic rings. The Morgan fingerprint density at radius 1 is 1.53 bits per heavy atom. The number of hydrogen-bond acceptors (Lipinski definition) is 3. The minimum atomic E-state index is -0.0583. The molecule has 0 spiro atoms. The van der Waals surface area contributed by atoms with Gasteiger partial charge in [-0.3, -0.25) is 4.79 Å². The summed E-state index contributed by atoms with van der Waals surface area (Å²) < 4.78 is 5.22. The number of rotatable bonds is 2. The average Bonchev–Trinajstić information content (AvgIpc) is 2.97. The molecule has 1 aliphatic heterocycles. The van der Waals surface area contributed by atoms with Gasteiger partial charge < -0.3 is 15.0 Å². The number of ether oxygens (including phenoxy) is 1. The lowest BCUT2D eigenvalue weighted by Crippen LogP contribution is -2.34. The largest absolute Gasteiger partial charge is 0.379 e. The SMILES string of the molecule is O=C(NC1CCOC1)c1ccc2nc[nH]c2c1. The Hall–Kier alpha value is -1.88. The molecule has 2 N–H and O–H groups in total. The van der Waals surface area contributed by atoms with Crippen molar-refractivity contribution in [3.63, 3.8) is 0 Å². The summed E-state index contributed by atoms with van der Waals surface area (Å²) in [7, 11) is 0. The van der Waals surface area contributed by atoms with E-state index >= 15 is 0 Å². The van der Waals surface area contributed by atoms with E-state index < -0.39 is 0 Å². The maximum atomic E-state index is 12.0. The molecule has 1 amide bonds. The van der Waals surface area contributed by atoms with Crippen molar-refractivity contribution in [3.8, 4) is 0 Å². The fraction of sp³-hybridized carbons (Fsp3) is 0.333. The van der Waals surface area contributed by atoms with Crippen molar-refractivity contribution in [2.24, 2.45) is 0 Å². The molecule has 1 aromatic heterocycles. The summed E-state index contributed by atoms with van der Waals surface area (Å²) in [6.45, 7) is 1.34. The van der Waals surface area contributed by atoms with Crippen LogP contribution in [0.2, 0.25) is 0 Å². The molecule has 0 saturated carbocycles. The van der Waals surface area contributed by atoms with Crippen molar-refractivity contribution in [2.45, 2.75) is 12.5 Å². The first-order chi connectivity index (χ1) is 8.33. The highest BCUT2D eigenvalue weighted by molar-refractivity contribution is 5.97. The van der Waals surface area contributed by atoms with Crippen LogP contribution in [-0.2, 0) is 4.74 Å². The van der Waals surface area contributed by atoms with E-state index in [9.17, 15) is 4.79 Å². The van der Waals surface area contributed by atoms with Gasteiger partial charge in [0.25, 0.3) is 5.91 Å². The van der Waals surface area contributed by atoms with Crippen molar-refractivity contribution in [3.05, 3.63) is 30.1 Å². The summed E-state index contributed by atoms with van der Waals surface area (Å²) in [4.78, 5) is 19.1. The van der Waals surface area contributed by atoms with Crippen LogP contribution in [0.15, 0.2) is 24.5 Å². The van der Waals surface area contributed by atoms with E-state index in [-0.39, 0.29) is 11.9 Å². The minimum absolute atomic E-state index is 0.0583. The van der Waals surface area contributed by atoms with E-state index in [4.69, 9.17) is 4.74 Å². The maximum Gasteiger partial charge on any atom is 0.251 e. The molecule has 1 aliphatic rings. The molecule has 1 saturated heterocycles. The van der Waals surface area contributed by atoms with Crippen LogP contribution in [0.1, 0.15) is 16.8 Å². The van der Waals surface area contributed by atoms with Crippen LogP contribution < -0.4 is 5.32 Å². The van der Waals surface area contributed by atoms with Crippen molar-refractivity contribution < 1.29 is 9.53 Å². The Morgan fingerprint density at radius 3 is 3.29 bits per heavy atom. The molecule has 5 heteroatoms. The van der Waals surface area contributed by atoms with Crippen LogP contribution in [0.4, 0.5) is 0 Å². The van der Waals surface area contributed by atoms with Gasteiger partial charge in [-0.2, -0.15) is 0 Å². The number of nitrogens with one attached hydrogen (secondary N) is 2. The molecular formula is C12H13N3O2. The quantitative estimate of drug-likeness (QED) is 0.812. The van der Waals surface area contributed by atoms with Gasteiger partial charge in [-0.15, -0.1) is 0 Å². The predicted octanol–water partition coefficient (Wildman–Crippen LogP) is 1.08. The van der Waals surface area contributed by atoms with Gasteiger partial charge >= 0.3 is 0 Å². The van der Waals surface area contributed by atoms with Gasteiger partial charge in [0.15, 0.2) is 0 Å². The highest BCUT2D eigenvalue weighted by atomic mass is 16.5. The monoisotopic (exact) mass is 231 g/mol. The first-order valence-corrected chi connectivity index (χ1v) is 5.65. The van der Waals surface area contributed by atoms with E-state index in [2.05, 4.69) is 15.3 Å². The number of carbonyl (C=O) groups excluding carboxylic acids is 1. The zero-order valence-corrected chi connectivity index (χ0v) is 9.27. The Kier molecular flexibility index (Phi) is 2.53. The first-order valence-electron chi connectivity index (χ1n) is 5.65. The van der Waals surface area contributed by atoms with Gasteiger partial charge in [0.1, 0.15) is 0 Å². The maximum absolute atomic E-state index is 12.0. The number of aromatic nitrogens is 2. The summed E-state index contributed by atoms with van der Waals surface area (Å²) in [5.74, 6) is -0.0583. The van der Waals surface area contributed by atoms with Crippen LogP contribution in [0, 0.1) is 0 Å². The number of hydrogen-bond donors (Lipinski definition) is 2. The smallest absolute Gasteiger partial charge is 0.251 e. The minimum Gasteiger partial charge on any atom is -0.379 e. The first kappa shape index (κ1) is 10.3. The van der Waals surface area contributed by atoms with Crippen LogP contribution >= 0.6 is 0 Å². The molecule has 3 rings (SSSR count). The molecule has 1 atom stereocenters. The topological polar surface area (TPSA) is 67.0 Å². The van der Waals surface area contributed by atoms with Gasteiger partial charge in [0.2, 0.25) is 0 Å². The second-order valence-corrected chi connectivity index (χ2v) is 4.17. The van der Waals surface area contributed by atoms with E-state index in [1.54, 1.807) is 12.4 Å². The Morgan fingerprint density at radius 2 is 2.47 bits per heavy atom. The third kappa shape index (κ3) is 2.01. The van der Waals surface area contributed by atoms with Crippen LogP contribution in [-0.4, -0.2) is 35.1 Å². The summed E-state index contributed by atoms with van der Waals surface area (Å²) in [5.41, 5.74) is 2.39. The number of aromatic amines is 1. The molecule has 17 heavy (non-hydrogen) atoms. The number of fused-ring (bicyclic) bond motifs is 1. The summed E-state index contributed by atoms with van der Waals surface area (Å²) in [6.07, 6.45) is 2.51. The third-order valence-electron chi connectivity index (χ3n) is 2.95. The van der Waals surface area contributed by atoms with E-state index in [0.717, 1.165) is 24.1 Å². The molecule has 5 nitrogen and oxygen atoms in total. The lowest BCUT2D eigenvalue weighted by Gasteiger charge is -2.10. The summed E-state index contributed by atoms with van der Waals surface area (Å²) in [5, 5.41) is 2.95. The van der Waals surface area contributed by atoms with Crippen molar-refractivity contribution in [1.82, 2.24) is 15.3 Å². The number of amides is 1. The molecule has 88 valence electrons. The summed E-state index contributed by atoms with van der Waals surface area (Å²) >= 11 is 0. The molecule has 0 aliphatic carbocycles. The van der Waals surface area contributed by atoms with Crippen molar-refractivity contribution in [1.29, 1.82) is 0 Å². The molecular weight excluding hydrogens is 218 g/mol. The predicted molar refractivity (Wildman–Crippen MR) is 62.8 cm³/mol. The van der Waals surface area contributed by atoms with E-state index in [1.165, 1.54) is 0 Å². The van der Waals surface area contributed by atoms with Crippen LogP contribution in [0.25, 0.3) is 11.0 Å². The Balaban J connectivity index is 1.79. The number of imidazole rings is 1. The standard InChI is InChI=1S/C12H13N3O2/c16-12(15-9-3-4-17-6-9)8-1-2-10-11(5-8)14-7-13-10/h1-2,5,7,9H,3-4,6H2,(H,13,14)(H,15,16).